The summed E-state index contributed by atoms with van der Waals surface area (Å²) in [5.74, 6) is -2.03. The Morgan fingerprint density at radius 2 is 1.95 bits per heavy atom. The minimum Gasteiger partial charge on any atom is -0.548 e. The number of benzene rings is 1. The molecule has 20 heavy (non-hydrogen) atoms. The van der Waals surface area contributed by atoms with Crippen LogP contribution in [0, 0.1) is 0 Å². The molecule has 1 aromatic carbocycles. The van der Waals surface area contributed by atoms with Crippen molar-refractivity contribution in [2.24, 2.45) is 0 Å². The number of ether oxygens (including phenoxy) is 1. The summed E-state index contributed by atoms with van der Waals surface area (Å²) in [6.45, 7) is 0.0387. The first-order valence-electron chi connectivity index (χ1n) is 5.56. The van der Waals surface area contributed by atoms with E-state index in [4.69, 9.17) is 4.74 Å². The Labute approximate surface area is 157 Å². The summed E-state index contributed by atoms with van der Waals surface area (Å²) in [6.07, 6.45) is -0.852. The maximum absolute atomic E-state index is 11.4. The van der Waals surface area contributed by atoms with Crippen LogP contribution in [0.25, 0.3) is 0 Å². The van der Waals surface area contributed by atoms with Crippen molar-refractivity contribution < 1.29 is 75.6 Å². The fourth-order valence-corrected chi connectivity index (χ4v) is 1.62. The second-order valence-electron chi connectivity index (χ2n) is 3.99. The van der Waals surface area contributed by atoms with Crippen LogP contribution in [-0.4, -0.2) is 30.1 Å². The molecule has 2 unspecified atom stereocenters. The predicted octanol–water partition coefficient (Wildman–Crippen LogP) is -4.47. The number of β-lactam (4-membered cyclic amide) rings is 1. The number of carbonyl (C=O) groups excluding carboxylic acids is 3. The van der Waals surface area contributed by atoms with Crippen molar-refractivity contribution in [3.8, 4) is 0 Å². The van der Waals surface area contributed by atoms with Crippen LogP contribution in [0.15, 0.2) is 30.3 Å². The van der Waals surface area contributed by atoms with Crippen LogP contribution in [0.2, 0.25) is 0 Å². The summed E-state index contributed by atoms with van der Waals surface area (Å²) in [5, 5.41) is 14.9. The van der Waals surface area contributed by atoms with E-state index in [2.05, 4.69) is 10.6 Å². The van der Waals surface area contributed by atoms with Gasteiger partial charge in [-0.25, -0.2) is 4.79 Å². The van der Waals surface area contributed by atoms with E-state index >= 15 is 0 Å². The maximum Gasteiger partial charge on any atom is 1.00 e. The Kier molecular flexibility index (Phi) is 6.63. The van der Waals surface area contributed by atoms with E-state index in [1.807, 2.05) is 6.07 Å². The predicted molar refractivity (Wildman–Crippen MR) is 60.5 cm³/mol. The third kappa shape index (κ3) is 4.28. The first kappa shape index (κ1) is 17.1. The Morgan fingerprint density at radius 1 is 1.30 bits per heavy atom. The zero-order chi connectivity index (χ0) is 13.8. The summed E-state index contributed by atoms with van der Waals surface area (Å²) in [6, 6.07) is 6.60. The Balaban J connectivity index is 0.00000200. The molecule has 0 bridgehead atoms. The maximum atomic E-state index is 11.4. The minimum atomic E-state index is -1.45. The van der Waals surface area contributed by atoms with Crippen molar-refractivity contribution in [3.05, 3.63) is 35.9 Å². The van der Waals surface area contributed by atoms with Gasteiger partial charge < -0.3 is 25.3 Å². The number of hydrogen-bond donors (Lipinski definition) is 2. The minimum absolute atomic E-state index is 0. The van der Waals surface area contributed by atoms with Gasteiger partial charge in [0.25, 0.3) is 0 Å². The summed E-state index contributed by atoms with van der Waals surface area (Å²) >= 11 is 0. The van der Waals surface area contributed by atoms with Gasteiger partial charge in [0.05, 0.1) is 12.0 Å². The second kappa shape index (κ2) is 7.74. The van der Waals surface area contributed by atoms with Crippen molar-refractivity contribution >= 4 is 18.0 Å². The fourth-order valence-electron chi connectivity index (χ4n) is 1.62. The van der Waals surface area contributed by atoms with Gasteiger partial charge in [-0.3, -0.25) is 4.79 Å². The van der Waals surface area contributed by atoms with Gasteiger partial charge in [0.1, 0.15) is 12.6 Å². The SMILES string of the molecule is O=C(NC1C(=O)NC1C(=O)[O-])OCc1ccccc1.[K+]. The van der Waals surface area contributed by atoms with Crippen molar-refractivity contribution in [2.45, 2.75) is 18.7 Å². The summed E-state index contributed by atoms with van der Waals surface area (Å²) in [4.78, 5) is 33.1. The number of alkyl carbamates (subject to hydrolysis) is 1. The molecule has 2 rings (SSSR count). The van der Waals surface area contributed by atoms with Gasteiger partial charge in [0.2, 0.25) is 5.91 Å². The first-order chi connectivity index (χ1) is 9.08. The first-order valence-corrected chi connectivity index (χ1v) is 5.56. The van der Waals surface area contributed by atoms with Crippen LogP contribution < -0.4 is 67.1 Å². The van der Waals surface area contributed by atoms with Gasteiger partial charge in [-0.2, -0.15) is 0 Å². The monoisotopic (exact) mass is 302 g/mol. The third-order valence-corrected chi connectivity index (χ3v) is 2.65. The van der Waals surface area contributed by atoms with E-state index in [1.165, 1.54) is 0 Å². The zero-order valence-electron chi connectivity index (χ0n) is 10.8. The second-order valence-corrected chi connectivity index (χ2v) is 3.99. The van der Waals surface area contributed by atoms with Gasteiger partial charge >= 0.3 is 57.5 Å². The van der Waals surface area contributed by atoms with Crippen LogP contribution in [-0.2, 0) is 20.9 Å². The fraction of sp³-hybridized carbons (Fsp3) is 0.250. The van der Waals surface area contributed by atoms with Crippen molar-refractivity contribution in [2.75, 3.05) is 0 Å². The van der Waals surface area contributed by atoms with E-state index < -0.39 is 30.1 Å². The van der Waals surface area contributed by atoms with Crippen LogP contribution in [0.4, 0.5) is 4.79 Å². The molecule has 2 amide bonds. The molecule has 1 fully saturated rings. The molecule has 0 aliphatic carbocycles. The third-order valence-electron chi connectivity index (χ3n) is 2.65. The van der Waals surface area contributed by atoms with Crippen molar-refractivity contribution in [3.63, 3.8) is 0 Å². The van der Waals surface area contributed by atoms with Crippen LogP contribution in [0.3, 0.4) is 0 Å². The number of carboxylic acid groups (broad SMARTS) is 1. The topological polar surface area (TPSA) is 108 Å². The summed E-state index contributed by atoms with van der Waals surface area (Å²) in [5.41, 5.74) is 0.784. The molecule has 1 aliphatic rings. The number of amides is 2. The number of carbonyl (C=O) groups is 3. The van der Waals surface area contributed by atoms with Gasteiger partial charge in [0.15, 0.2) is 0 Å². The van der Waals surface area contributed by atoms with Crippen molar-refractivity contribution in [1.29, 1.82) is 0 Å². The molecule has 1 saturated heterocycles. The molecule has 0 spiro atoms. The van der Waals surface area contributed by atoms with Gasteiger partial charge in [-0.15, -0.1) is 0 Å². The van der Waals surface area contributed by atoms with E-state index in [0.29, 0.717) is 0 Å². The standard InChI is InChI=1S/C12H12N2O5.K/c15-10-8(9(13-10)11(16)17)14-12(18)19-6-7-4-2-1-3-5-7;/h1-5,8-9H,6H2,(H,13,15)(H,14,18)(H,16,17);/q;+1/p-1. The normalized spacial score (nSPS) is 19.9. The summed E-state index contributed by atoms with van der Waals surface area (Å²) in [7, 11) is 0. The molecule has 0 radical (unpaired) electrons. The van der Waals surface area contributed by atoms with Crippen molar-refractivity contribution in [1.82, 2.24) is 10.6 Å². The Bertz CT molecular complexity index is 508. The molecule has 100 valence electrons. The molecular formula is C12H11KN2O5. The Hall–Kier alpha value is -0.934. The van der Waals surface area contributed by atoms with Crippen LogP contribution in [0.5, 0.6) is 0 Å². The molecular weight excluding hydrogens is 291 g/mol. The van der Waals surface area contributed by atoms with Gasteiger partial charge in [-0.05, 0) is 5.56 Å². The van der Waals surface area contributed by atoms with E-state index in [0.717, 1.165) is 5.56 Å². The van der Waals surface area contributed by atoms with Gasteiger partial charge in [0, 0.05) is 0 Å². The quantitative estimate of drug-likeness (QED) is 0.431. The molecule has 2 N–H and O–H groups in total. The molecule has 0 saturated carbocycles. The number of hydrogen-bond acceptors (Lipinski definition) is 5. The largest absolute Gasteiger partial charge is 1.00 e. The number of carboxylic acids is 1. The number of rotatable bonds is 4. The molecule has 1 heterocycles. The molecule has 7 nitrogen and oxygen atoms in total. The molecule has 2 atom stereocenters. The smallest absolute Gasteiger partial charge is 0.548 e. The molecule has 0 aromatic heterocycles. The number of nitrogens with one attached hydrogen (secondary N) is 2. The van der Waals surface area contributed by atoms with Crippen LogP contribution >= 0.6 is 0 Å². The van der Waals surface area contributed by atoms with E-state index in [1.54, 1.807) is 24.3 Å². The number of aliphatic carboxylic acids is 1. The summed E-state index contributed by atoms with van der Waals surface area (Å²) < 4.78 is 4.87. The van der Waals surface area contributed by atoms with E-state index in [9.17, 15) is 19.5 Å². The van der Waals surface area contributed by atoms with Crippen LogP contribution in [0.1, 0.15) is 5.56 Å². The average Bonchev–Trinajstić information content (AvgIpc) is 2.40. The molecule has 1 aromatic rings. The molecule has 8 heteroatoms. The average molecular weight is 302 g/mol. The van der Waals surface area contributed by atoms with Gasteiger partial charge in [-0.1, -0.05) is 30.3 Å². The molecule has 1 aliphatic heterocycles. The van der Waals surface area contributed by atoms with E-state index in [-0.39, 0.29) is 58.0 Å². The zero-order valence-corrected chi connectivity index (χ0v) is 13.9. The Morgan fingerprint density at radius 3 is 2.50 bits per heavy atom.